The van der Waals surface area contributed by atoms with Crippen LogP contribution < -0.4 is 0 Å². The topological polar surface area (TPSA) is 108 Å². The second-order valence-corrected chi connectivity index (χ2v) is 26.2. The number of rotatable bonds is 69. The van der Waals surface area contributed by atoms with Crippen molar-refractivity contribution < 1.29 is 42.9 Å². The molecule has 0 aromatic carbocycles. The number of ether oxygens (including phenoxy) is 4. The lowest BCUT2D eigenvalue weighted by molar-refractivity contribution is -0.870. The van der Waals surface area contributed by atoms with Crippen LogP contribution in [0.5, 0.6) is 0 Å². The zero-order valence-electron chi connectivity index (χ0n) is 60.6. The second kappa shape index (κ2) is 73.0. The van der Waals surface area contributed by atoms with E-state index in [1.807, 2.05) is 21.1 Å². The zero-order chi connectivity index (χ0) is 67.5. The second-order valence-electron chi connectivity index (χ2n) is 26.2. The molecule has 0 spiro atoms. The average molecular weight is 1290 g/mol. The Morgan fingerprint density at radius 1 is 0.323 bits per heavy atom. The number of esters is 2. The molecule has 1 N–H and O–H groups in total. The molecule has 0 fully saturated rings. The Morgan fingerprint density at radius 2 is 0.581 bits per heavy atom. The Kier molecular flexibility index (Phi) is 69.2. The van der Waals surface area contributed by atoms with Crippen molar-refractivity contribution in [2.24, 2.45) is 0 Å². The molecule has 0 aliphatic carbocycles. The highest BCUT2D eigenvalue weighted by Gasteiger charge is 2.25. The zero-order valence-corrected chi connectivity index (χ0v) is 60.6. The van der Waals surface area contributed by atoms with E-state index < -0.39 is 24.3 Å². The number of carboxylic acid groups (broad SMARTS) is 1. The SMILES string of the molecule is CC/C=C\C/C=C\C/C=C\C/C=C\C/C=C\C/C=C\C/C=C\CCCCCCCCCC(=O)OC(COC(=O)CCCCCCCCCCCCCCCCCCCCCCCCC/C=C\C/C=C\C/C=C\C/C=C\C/C=C\CC)COC(OCC[N+](C)(C)C)C(=O)O. The highest BCUT2D eigenvalue weighted by Crippen LogP contribution is 2.18. The molecule has 0 amide bonds. The predicted octanol–water partition coefficient (Wildman–Crippen LogP) is 24.3. The summed E-state index contributed by atoms with van der Waals surface area (Å²) < 4.78 is 23.0. The molecule has 93 heavy (non-hydrogen) atoms. The van der Waals surface area contributed by atoms with Gasteiger partial charge in [0.15, 0.2) is 6.10 Å². The van der Waals surface area contributed by atoms with Gasteiger partial charge < -0.3 is 28.5 Å². The van der Waals surface area contributed by atoms with Gasteiger partial charge in [-0.3, -0.25) is 9.59 Å². The average Bonchev–Trinajstić information content (AvgIpc) is 3.74. The number of carbonyl (C=O) groups excluding carboxylic acids is 2. The molecule has 0 aliphatic rings. The Bertz CT molecular complexity index is 2040. The molecule has 2 atom stereocenters. The summed E-state index contributed by atoms with van der Waals surface area (Å²) in [6.07, 6.45) is 104. The van der Waals surface area contributed by atoms with Crippen LogP contribution in [0.25, 0.3) is 0 Å². The summed E-state index contributed by atoms with van der Waals surface area (Å²) in [5.74, 6) is -2.02. The minimum absolute atomic E-state index is 0.180. The highest BCUT2D eigenvalue weighted by molar-refractivity contribution is 5.71. The Morgan fingerprint density at radius 3 is 0.860 bits per heavy atom. The number of aliphatic carboxylic acids is 1. The summed E-state index contributed by atoms with van der Waals surface area (Å²) in [5.41, 5.74) is 0. The summed E-state index contributed by atoms with van der Waals surface area (Å²) >= 11 is 0. The summed E-state index contributed by atoms with van der Waals surface area (Å²) in [7, 11) is 5.97. The Hall–Kier alpha value is -4.83. The van der Waals surface area contributed by atoms with E-state index in [0.717, 1.165) is 122 Å². The van der Waals surface area contributed by atoms with E-state index in [1.165, 1.54) is 154 Å². The number of likely N-dealkylation sites (N-methyl/N-ethyl adjacent to an activating group) is 1. The summed E-state index contributed by atoms with van der Waals surface area (Å²) in [6, 6.07) is 0. The third-order valence-corrected chi connectivity index (χ3v) is 16.1. The van der Waals surface area contributed by atoms with Crippen LogP contribution in [-0.2, 0) is 33.3 Å². The van der Waals surface area contributed by atoms with Crippen LogP contribution in [0.15, 0.2) is 146 Å². The van der Waals surface area contributed by atoms with Crippen molar-refractivity contribution >= 4 is 17.9 Å². The molecular weight excluding hydrogens is 1150 g/mol. The summed E-state index contributed by atoms with van der Waals surface area (Å²) in [6.45, 7) is 4.65. The molecule has 0 rings (SSSR count). The molecule has 0 saturated carbocycles. The normalized spacial score (nSPS) is 13.5. The predicted molar refractivity (Wildman–Crippen MR) is 400 cm³/mol. The van der Waals surface area contributed by atoms with Crippen LogP contribution in [0.4, 0.5) is 0 Å². The van der Waals surface area contributed by atoms with Gasteiger partial charge in [0.1, 0.15) is 13.2 Å². The van der Waals surface area contributed by atoms with Crippen molar-refractivity contribution in [2.45, 2.75) is 322 Å². The molecule has 530 valence electrons. The first-order valence-corrected chi connectivity index (χ1v) is 38.0. The summed E-state index contributed by atoms with van der Waals surface area (Å²) in [5, 5.41) is 9.76. The third kappa shape index (κ3) is 74.4. The number of unbranched alkanes of at least 4 members (excludes halogenated alkanes) is 30. The maximum atomic E-state index is 13.0. The monoisotopic (exact) mass is 1290 g/mol. The van der Waals surface area contributed by atoms with Crippen LogP contribution in [0.1, 0.15) is 309 Å². The lowest BCUT2D eigenvalue weighted by Crippen LogP contribution is -2.40. The minimum Gasteiger partial charge on any atom is -0.477 e. The van der Waals surface area contributed by atoms with E-state index in [2.05, 4.69) is 160 Å². The van der Waals surface area contributed by atoms with Crippen LogP contribution in [0.2, 0.25) is 0 Å². The van der Waals surface area contributed by atoms with E-state index in [0.29, 0.717) is 23.9 Å². The van der Waals surface area contributed by atoms with E-state index in [9.17, 15) is 19.5 Å². The van der Waals surface area contributed by atoms with Gasteiger partial charge >= 0.3 is 17.9 Å². The first-order valence-electron chi connectivity index (χ1n) is 38.0. The van der Waals surface area contributed by atoms with Crippen molar-refractivity contribution in [3.8, 4) is 0 Å². The molecule has 9 heteroatoms. The van der Waals surface area contributed by atoms with E-state index in [4.69, 9.17) is 18.9 Å². The van der Waals surface area contributed by atoms with Crippen molar-refractivity contribution in [3.63, 3.8) is 0 Å². The van der Waals surface area contributed by atoms with Crippen LogP contribution >= 0.6 is 0 Å². The van der Waals surface area contributed by atoms with E-state index in [-0.39, 0.29) is 32.2 Å². The molecule has 9 nitrogen and oxygen atoms in total. The van der Waals surface area contributed by atoms with Crippen LogP contribution in [0.3, 0.4) is 0 Å². The molecule has 0 bridgehead atoms. The molecule has 2 unspecified atom stereocenters. The quantitative estimate of drug-likeness (QED) is 0.0211. The highest BCUT2D eigenvalue weighted by atomic mass is 16.7. The molecule has 0 radical (unpaired) electrons. The summed E-state index contributed by atoms with van der Waals surface area (Å²) in [4.78, 5) is 37.7. The molecular formula is C84H142NO8+. The van der Waals surface area contributed by atoms with Crippen molar-refractivity contribution in [1.29, 1.82) is 0 Å². The van der Waals surface area contributed by atoms with Gasteiger partial charge in [0.25, 0.3) is 6.29 Å². The fourth-order valence-corrected chi connectivity index (χ4v) is 10.4. The fraction of sp³-hybridized carbons (Fsp3) is 0.679. The van der Waals surface area contributed by atoms with Crippen molar-refractivity contribution in [1.82, 2.24) is 0 Å². The van der Waals surface area contributed by atoms with Crippen molar-refractivity contribution in [2.75, 3.05) is 47.5 Å². The molecule has 0 heterocycles. The number of quaternary nitrogens is 1. The van der Waals surface area contributed by atoms with E-state index >= 15 is 0 Å². The maximum absolute atomic E-state index is 13.0. The largest absolute Gasteiger partial charge is 0.477 e. The van der Waals surface area contributed by atoms with Crippen LogP contribution in [-0.4, -0.2) is 87.4 Å². The molecule has 0 aliphatic heterocycles. The molecule has 0 saturated heterocycles. The first-order chi connectivity index (χ1) is 45.6. The van der Waals surface area contributed by atoms with Gasteiger partial charge in [0.2, 0.25) is 0 Å². The first kappa shape index (κ1) is 88.2. The number of carboxylic acids is 1. The third-order valence-electron chi connectivity index (χ3n) is 16.1. The number of carbonyl (C=O) groups is 3. The lowest BCUT2D eigenvalue weighted by Gasteiger charge is -2.25. The van der Waals surface area contributed by atoms with Gasteiger partial charge in [-0.2, -0.15) is 0 Å². The number of nitrogens with zero attached hydrogens (tertiary/aromatic N) is 1. The number of hydrogen-bond acceptors (Lipinski definition) is 7. The molecule has 0 aromatic heterocycles. The lowest BCUT2D eigenvalue weighted by atomic mass is 10.0. The smallest absolute Gasteiger partial charge is 0.361 e. The molecule has 0 aromatic rings. The van der Waals surface area contributed by atoms with Crippen LogP contribution in [0, 0.1) is 0 Å². The number of allylic oxidation sites excluding steroid dienone is 24. The Labute approximate surface area is 572 Å². The maximum Gasteiger partial charge on any atom is 0.361 e. The Balaban J connectivity index is 4.06. The van der Waals surface area contributed by atoms with E-state index in [1.54, 1.807) is 0 Å². The fourth-order valence-electron chi connectivity index (χ4n) is 10.4. The van der Waals surface area contributed by atoms with Gasteiger partial charge in [-0.25, -0.2) is 4.79 Å². The standard InChI is InChI=1S/C84H141NO8/c1-6-8-10-12-14-16-18-20-22-24-26-28-30-32-34-36-37-38-39-40-41-42-43-44-45-47-48-50-52-54-56-58-60-62-64-66-68-70-72-74-81(86)91-78-80(79-92-84(83(88)89)90-77-76-85(3,4)5)93-82(87)75-73-71-69-67-65-63-61-59-57-55-53-51-49-46-35-33-31-29-27-25-23-21-19-17-15-13-11-9-7-2/h8-11,14-17,20-23,26-29,32-35,49,51,55,57,80,84H,6-7,12-13,18-19,24-25,30-31,36-48,50,52-54,56,58-79H2,1-5H3/p+1/b10-8-,11-9-,16-14-,17-15-,22-20-,23-21-,28-26-,29-27-,34-32-,35-33-,51-49-,57-55-. The van der Waals surface area contributed by atoms with Gasteiger partial charge in [-0.1, -0.05) is 327 Å². The van der Waals surface area contributed by atoms with Gasteiger partial charge in [0.05, 0.1) is 34.4 Å². The van der Waals surface area contributed by atoms with Crippen molar-refractivity contribution in [3.05, 3.63) is 146 Å². The van der Waals surface area contributed by atoms with Gasteiger partial charge in [0, 0.05) is 12.8 Å². The minimum atomic E-state index is -1.52. The van der Waals surface area contributed by atoms with Gasteiger partial charge in [-0.05, 0) is 116 Å². The number of hydrogen-bond donors (Lipinski definition) is 1. The van der Waals surface area contributed by atoms with Gasteiger partial charge in [-0.15, -0.1) is 0 Å².